The second-order valence-corrected chi connectivity index (χ2v) is 24.1. The molecule has 0 aromatic heterocycles. The van der Waals surface area contributed by atoms with Gasteiger partial charge in [0.1, 0.15) is 0 Å². The summed E-state index contributed by atoms with van der Waals surface area (Å²) in [7, 11) is -1.81. The van der Waals surface area contributed by atoms with E-state index in [0.717, 1.165) is 0 Å². The molecule has 0 radical (unpaired) electrons. The van der Waals surface area contributed by atoms with E-state index in [0.29, 0.717) is 0 Å². The Morgan fingerprint density at radius 3 is 0.947 bits per heavy atom. The maximum Gasteiger partial charge on any atom is 0.0809 e. The average Bonchev–Trinajstić information content (AvgIpc) is 3.79. The minimum absolute atomic E-state index is 0. The molecule has 0 N–H and O–H groups in total. The van der Waals surface area contributed by atoms with Crippen LogP contribution in [-0.2, 0) is 19.5 Å². The van der Waals surface area contributed by atoms with Crippen LogP contribution in [0, 0.1) is 0 Å². The molecule has 0 spiro atoms. The van der Waals surface area contributed by atoms with Crippen molar-refractivity contribution < 1.29 is 19.5 Å². The van der Waals surface area contributed by atoms with Crippen LogP contribution in [-0.4, -0.2) is 46.3 Å². The Balaban J connectivity index is 0.00000294. The summed E-state index contributed by atoms with van der Waals surface area (Å²) in [6.45, 7) is 2.68. The van der Waals surface area contributed by atoms with Crippen molar-refractivity contribution in [2.24, 2.45) is 0 Å². The van der Waals surface area contributed by atoms with E-state index in [2.05, 4.69) is 13.0 Å². The minimum atomic E-state index is -0.909. The number of rotatable bonds is 10. The van der Waals surface area contributed by atoms with Gasteiger partial charge in [0.05, 0.1) is 46.3 Å². The third-order valence-electron chi connectivity index (χ3n) is 13.3. The van der Waals surface area contributed by atoms with E-state index in [-0.39, 0.29) is 19.5 Å². The molecule has 6 fully saturated rings. The van der Waals surface area contributed by atoms with E-state index in [1.165, 1.54) is 34.0 Å². The van der Waals surface area contributed by atoms with Crippen molar-refractivity contribution in [2.45, 2.75) is 195 Å². The molecule has 0 aromatic carbocycles. The quantitative estimate of drug-likeness (QED) is 0.126. The molecular weight excluding hydrogens is 583 g/mol. The first-order valence-corrected chi connectivity index (χ1v) is 22.0. The predicted octanol–water partition coefficient (Wildman–Crippen LogP) is 11.6. The summed E-state index contributed by atoms with van der Waals surface area (Å²) in [5.41, 5.74) is 8.94. The van der Waals surface area contributed by atoms with Gasteiger partial charge < -0.3 is 0 Å². The fourth-order valence-corrected chi connectivity index (χ4v) is 26.6. The van der Waals surface area contributed by atoms with Gasteiger partial charge in [-0.25, -0.2) is 0 Å². The van der Waals surface area contributed by atoms with Gasteiger partial charge in [0.15, 0.2) is 0 Å². The molecule has 0 nitrogen and oxygen atoms in total. The summed E-state index contributed by atoms with van der Waals surface area (Å²) in [6.07, 6.45) is 44.5. The van der Waals surface area contributed by atoms with E-state index in [1.54, 1.807) is 166 Å². The van der Waals surface area contributed by atoms with Gasteiger partial charge >= 0.3 is 0 Å². The monoisotopic (exact) mass is 646 g/mol. The summed E-state index contributed by atoms with van der Waals surface area (Å²) in [6, 6.07) is 0. The van der Waals surface area contributed by atoms with Crippen molar-refractivity contribution >= 4 is 14.5 Å². The molecular formula is C35H62P2Ru+2. The molecule has 6 rings (SSSR count). The molecule has 0 heterocycles. The molecule has 38 heavy (non-hydrogen) atoms. The van der Waals surface area contributed by atoms with Crippen molar-refractivity contribution in [2.75, 3.05) is 12.3 Å². The Bertz CT molecular complexity index is 658. The minimum Gasteiger partial charge on any atom is -0.0494 e. The Morgan fingerprint density at radius 2 is 0.684 bits per heavy atom. The van der Waals surface area contributed by atoms with Crippen molar-refractivity contribution in [1.29, 1.82) is 0 Å². The SMILES string of the molecule is CC(=CC[P+](C1CCCC1)(C1CCCC1)C1CCCC1)C[P+](C1CCCC1)(C1CCCC1)C1CCCC1.[Ru]. The first-order chi connectivity index (χ1) is 18.2. The standard InChI is InChI=1S/C35H62P2.Ru/c1-29(28-37(33-20-8-9-21-33,34-22-10-11-23-34)35-24-12-13-25-35)26-27-36(30-14-2-3-15-30,31-16-4-5-17-31)32-18-6-7-19-32;/h26,30-35H,2-25,27-28H2,1H3;/q+2;. The van der Waals surface area contributed by atoms with E-state index < -0.39 is 14.5 Å². The molecule has 6 aliphatic rings. The molecule has 0 aliphatic heterocycles. The smallest absolute Gasteiger partial charge is 0.0494 e. The zero-order chi connectivity index (χ0) is 25.1. The molecule has 6 saturated carbocycles. The summed E-state index contributed by atoms with van der Waals surface area (Å²) in [5.74, 6) is 0. The van der Waals surface area contributed by atoms with Crippen molar-refractivity contribution in [3.05, 3.63) is 11.6 Å². The molecule has 0 unspecified atom stereocenters. The van der Waals surface area contributed by atoms with Crippen LogP contribution in [0.1, 0.15) is 161 Å². The third-order valence-corrected chi connectivity index (χ3v) is 26.4. The average molecular weight is 646 g/mol. The van der Waals surface area contributed by atoms with Gasteiger partial charge in [-0.1, -0.05) is 0 Å². The molecule has 3 heteroatoms. The summed E-state index contributed by atoms with van der Waals surface area (Å²) < 4.78 is 0. The van der Waals surface area contributed by atoms with Crippen molar-refractivity contribution in [3.63, 3.8) is 0 Å². The summed E-state index contributed by atoms with van der Waals surface area (Å²) >= 11 is 0. The number of hydrogen-bond acceptors (Lipinski definition) is 0. The Hall–Kier alpha value is 1.22. The third kappa shape index (κ3) is 6.00. The van der Waals surface area contributed by atoms with Gasteiger partial charge in [0.2, 0.25) is 0 Å². The first kappa shape index (κ1) is 30.7. The van der Waals surface area contributed by atoms with Crippen LogP contribution in [0.25, 0.3) is 0 Å². The van der Waals surface area contributed by atoms with Gasteiger partial charge in [-0.15, -0.1) is 0 Å². The normalized spacial score (nSPS) is 28.3. The van der Waals surface area contributed by atoms with E-state index in [9.17, 15) is 0 Å². The van der Waals surface area contributed by atoms with Crippen LogP contribution in [0.4, 0.5) is 0 Å². The zero-order valence-corrected chi connectivity index (χ0v) is 28.7. The van der Waals surface area contributed by atoms with Crippen LogP contribution >= 0.6 is 14.5 Å². The van der Waals surface area contributed by atoms with Gasteiger partial charge in [-0.3, -0.25) is 0 Å². The fourth-order valence-electron chi connectivity index (χ4n) is 11.7. The second-order valence-electron chi connectivity index (χ2n) is 15.0. The predicted molar refractivity (Wildman–Crippen MR) is 171 cm³/mol. The molecule has 6 aliphatic carbocycles. The van der Waals surface area contributed by atoms with Crippen LogP contribution in [0.5, 0.6) is 0 Å². The van der Waals surface area contributed by atoms with Gasteiger partial charge in [0, 0.05) is 34.0 Å². The van der Waals surface area contributed by atoms with Gasteiger partial charge in [0.25, 0.3) is 0 Å². The van der Waals surface area contributed by atoms with Crippen molar-refractivity contribution in [1.82, 2.24) is 0 Å². The largest absolute Gasteiger partial charge is 0.0809 e. The Morgan fingerprint density at radius 1 is 0.447 bits per heavy atom. The molecule has 0 saturated heterocycles. The Kier molecular flexibility index (Phi) is 11.4. The van der Waals surface area contributed by atoms with E-state index >= 15 is 0 Å². The molecule has 0 amide bonds. The maximum absolute atomic E-state index is 3.02. The summed E-state index contributed by atoms with van der Waals surface area (Å²) in [5, 5.41) is 0. The van der Waals surface area contributed by atoms with E-state index in [1.807, 2.05) is 5.57 Å². The number of allylic oxidation sites excluding steroid dienone is 2. The molecule has 218 valence electrons. The first-order valence-electron chi connectivity index (χ1n) is 17.6. The van der Waals surface area contributed by atoms with Crippen LogP contribution in [0.2, 0.25) is 0 Å². The molecule has 0 atom stereocenters. The fraction of sp³-hybridized carbons (Fsp3) is 0.943. The molecule has 0 bridgehead atoms. The van der Waals surface area contributed by atoms with E-state index in [4.69, 9.17) is 0 Å². The van der Waals surface area contributed by atoms with Crippen LogP contribution in [0.3, 0.4) is 0 Å². The van der Waals surface area contributed by atoms with Crippen LogP contribution in [0.15, 0.2) is 11.6 Å². The number of hydrogen-bond donors (Lipinski definition) is 0. The van der Waals surface area contributed by atoms with Crippen molar-refractivity contribution in [3.8, 4) is 0 Å². The van der Waals surface area contributed by atoms with Gasteiger partial charge in [-0.2, -0.15) is 0 Å². The van der Waals surface area contributed by atoms with Gasteiger partial charge in [-0.05, 0) is 173 Å². The molecule has 0 aromatic rings. The van der Waals surface area contributed by atoms with Crippen LogP contribution < -0.4 is 0 Å². The Labute approximate surface area is 251 Å². The summed E-state index contributed by atoms with van der Waals surface area (Å²) in [4.78, 5) is 0. The second kappa shape index (κ2) is 14.1. The topological polar surface area (TPSA) is 0 Å². The maximum atomic E-state index is 3.02. The zero-order valence-electron chi connectivity index (χ0n) is 25.2.